The first kappa shape index (κ1) is 17.9. The number of phenolic OH excluding ortho intramolecular Hbond substituents is 2. The predicted octanol–water partition coefficient (Wildman–Crippen LogP) is 4.99. The van der Waals surface area contributed by atoms with Crippen molar-refractivity contribution in [3.05, 3.63) is 71.7 Å². The highest BCUT2D eigenvalue weighted by molar-refractivity contribution is 5.61. The van der Waals surface area contributed by atoms with E-state index in [1.165, 1.54) is 5.56 Å². The number of aryl methyl sites for hydroxylation is 1. The molecular formula is C22H24N2O2. The van der Waals surface area contributed by atoms with Crippen LogP contribution in [0, 0.1) is 6.92 Å². The van der Waals surface area contributed by atoms with Crippen LogP contribution in [0.5, 0.6) is 11.5 Å². The van der Waals surface area contributed by atoms with Gasteiger partial charge in [0.1, 0.15) is 11.5 Å². The second-order valence-electron chi connectivity index (χ2n) is 6.68. The third-order valence-corrected chi connectivity index (χ3v) is 4.63. The third-order valence-electron chi connectivity index (χ3n) is 4.63. The molecule has 4 nitrogen and oxygen atoms in total. The highest BCUT2D eigenvalue weighted by Gasteiger charge is 2.14. The minimum atomic E-state index is 0.285. The Bertz CT molecular complexity index is 876. The number of benzene rings is 2. The average molecular weight is 348 g/mol. The summed E-state index contributed by atoms with van der Waals surface area (Å²) in [6.45, 7) is 4.05. The van der Waals surface area contributed by atoms with Gasteiger partial charge in [-0.2, -0.15) is 0 Å². The molecular weight excluding hydrogens is 324 g/mol. The molecule has 1 atom stereocenters. The smallest absolute Gasteiger partial charge is 0.118 e. The van der Waals surface area contributed by atoms with E-state index in [0.717, 1.165) is 41.8 Å². The van der Waals surface area contributed by atoms with Gasteiger partial charge in [0.25, 0.3) is 0 Å². The second kappa shape index (κ2) is 8.00. The molecule has 1 heterocycles. The maximum absolute atomic E-state index is 9.71. The Balaban J connectivity index is 1.86. The van der Waals surface area contributed by atoms with Gasteiger partial charge >= 0.3 is 0 Å². The zero-order valence-electron chi connectivity index (χ0n) is 15.2. The van der Waals surface area contributed by atoms with E-state index in [1.807, 2.05) is 37.4 Å². The minimum Gasteiger partial charge on any atom is -0.508 e. The molecule has 0 fully saturated rings. The SMILES string of the molecule is CCCC(Cc1cncc(-c2ccc(O)c(C)c2)n1)c1ccc(O)cc1. The van der Waals surface area contributed by atoms with Gasteiger partial charge < -0.3 is 10.2 Å². The fraction of sp³-hybridized carbons (Fsp3) is 0.273. The van der Waals surface area contributed by atoms with E-state index in [1.54, 1.807) is 24.4 Å². The molecule has 3 rings (SSSR count). The van der Waals surface area contributed by atoms with Gasteiger partial charge in [0.05, 0.1) is 17.6 Å². The monoisotopic (exact) mass is 348 g/mol. The molecule has 0 bridgehead atoms. The van der Waals surface area contributed by atoms with Gasteiger partial charge in [-0.1, -0.05) is 25.5 Å². The lowest BCUT2D eigenvalue weighted by Gasteiger charge is -2.17. The highest BCUT2D eigenvalue weighted by Crippen LogP contribution is 2.28. The Labute approximate surface area is 154 Å². The maximum atomic E-state index is 9.71. The zero-order chi connectivity index (χ0) is 18.5. The van der Waals surface area contributed by atoms with Crippen molar-refractivity contribution in [2.45, 2.75) is 39.0 Å². The van der Waals surface area contributed by atoms with Crippen molar-refractivity contribution in [3.8, 4) is 22.8 Å². The van der Waals surface area contributed by atoms with E-state index in [-0.39, 0.29) is 11.5 Å². The summed E-state index contributed by atoms with van der Waals surface area (Å²) in [5.74, 6) is 0.911. The summed E-state index contributed by atoms with van der Waals surface area (Å²) in [6.07, 6.45) is 6.51. The summed E-state index contributed by atoms with van der Waals surface area (Å²) in [4.78, 5) is 9.15. The Hall–Kier alpha value is -2.88. The number of phenols is 2. The first-order chi connectivity index (χ1) is 12.6. The van der Waals surface area contributed by atoms with Crippen molar-refractivity contribution in [1.82, 2.24) is 9.97 Å². The van der Waals surface area contributed by atoms with Gasteiger partial charge in [-0.05, 0) is 67.1 Å². The summed E-state index contributed by atoms with van der Waals surface area (Å²) < 4.78 is 0. The molecule has 0 radical (unpaired) electrons. The summed E-state index contributed by atoms with van der Waals surface area (Å²) in [6, 6.07) is 12.9. The largest absolute Gasteiger partial charge is 0.508 e. The summed E-state index contributed by atoms with van der Waals surface area (Å²) in [7, 11) is 0. The second-order valence-corrected chi connectivity index (χ2v) is 6.68. The molecule has 0 aliphatic heterocycles. The molecule has 4 heteroatoms. The van der Waals surface area contributed by atoms with Crippen LogP contribution in [0.4, 0.5) is 0 Å². The van der Waals surface area contributed by atoms with Gasteiger partial charge in [0.2, 0.25) is 0 Å². The van der Waals surface area contributed by atoms with Gasteiger partial charge in [-0.15, -0.1) is 0 Å². The summed E-state index contributed by atoms with van der Waals surface area (Å²) in [5, 5.41) is 19.2. The number of hydrogen-bond donors (Lipinski definition) is 2. The maximum Gasteiger partial charge on any atom is 0.118 e. The molecule has 2 aromatic carbocycles. The number of nitrogens with zero attached hydrogens (tertiary/aromatic N) is 2. The Morgan fingerprint density at radius 3 is 2.46 bits per heavy atom. The van der Waals surface area contributed by atoms with E-state index in [0.29, 0.717) is 5.92 Å². The normalized spacial score (nSPS) is 12.1. The summed E-state index contributed by atoms with van der Waals surface area (Å²) in [5.41, 5.74) is 4.73. The molecule has 0 amide bonds. The predicted molar refractivity (Wildman–Crippen MR) is 103 cm³/mol. The van der Waals surface area contributed by atoms with Crippen molar-refractivity contribution in [3.63, 3.8) is 0 Å². The standard InChI is InChI=1S/C22H24N2O2/c1-3-4-17(16-5-8-20(25)9-6-16)12-19-13-23-14-21(24-19)18-7-10-22(26)15(2)11-18/h5-11,13-14,17,25-26H,3-4,12H2,1-2H3. The van der Waals surface area contributed by atoms with Crippen LogP contribution >= 0.6 is 0 Å². The van der Waals surface area contributed by atoms with Crippen LogP contribution < -0.4 is 0 Å². The Morgan fingerprint density at radius 2 is 1.77 bits per heavy atom. The number of hydrogen-bond acceptors (Lipinski definition) is 4. The quantitative estimate of drug-likeness (QED) is 0.658. The first-order valence-corrected chi connectivity index (χ1v) is 8.96. The van der Waals surface area contributed by atoms with Gasteiger partial charge in [-0.25, -0.2) is 4.98 Å². The van der Waals surface area contributed by atoms with E-state index in [9.17, 15) is 10.2 Å². The number of aromatic hydroxyl groups is 2. The molecule has 1 aromatic heterocycles. The van der Waals surface area contributed by atoms with Crippen molar-refractivity contribution in [2.75, 3.05) is 0 Å². The molecule has 1 unspecified atom stereocenters. The minimum absolute atomic E-state index is 0.285. The molecule has 0 spiro atoms. The lowest BCUT2D eigenvalue weighted by atomic mass is 9.90. The van der Waals surface area contributed by atoms with Crippen molar-refractivity contribution in [1.29, 1.82) is 0 Å². The van der Waals surface area contributed by atoms with Crippen LogP contribution in [0.1, 0.15) is 42.5 Å². The van der Waals surface area contributed by atoms with Crippen LogP contribution in [0.3, 0.4) is 0 Å². The number of aromatic nitrogens is 2. The lowest BCUT2D eigenvalue weighted by molar-refractivity contribution is 0.471. The molecule has 3 aromatic rings. The fourth-order valence-corrected chi connectivity index (χ4v) is 3.19. The summed E-state index contributed by atoms with van der Waals surface area (Å²) >= 11 is 0. The van der Waals surface area contributed by atoms with Gasteiger partial charge in [0.15, 0.2) is 0 Å². The molecule has 26 heavy (non-hydrogen) atoms. The number of rotatable bonds is 6. The molecule has 0 aliphatic rings. The molecule has 0 saturated heterocycles. The Kier molecular flexibility index (Phi) is 5.52. The molecule has 2 N–H and O–H groups in total. The van der Waals surface area contributed by atoms with E-state index < -0.39 is 0 Å². The van der Waals surface area contributed by atoms with E-state index in [4.69, 9.17) is 4.98 Å². The van der Waals surface area contributed by atoms with Crippen LogP contribution in [-0.2, 0) is 6.42 Å². The lowest BCUT2D eigenvalue weighted by Crippen LogP contribution is -2.05. The molecule has 0 aliphatic carbocycles. The first-order valence-electron chi connectivity index (χ1n) is 8.96. The van der Waals surface area contributed by atoms with Crippen LogP contribution in [-0.4, -0.2) is 20.2 Å². The zero-order valence-corrected chi connectivity index (χ0v) is 15.2. The van der Waals surface area contributed by atoms with Gasteiger partial charge in [-0.3, -0.25) is 4.98 Å². The van der Waals surface area contributed by atoms with Crippen LogP contribution in [0.15, 0.2) is 54.9 Å². The third kappa shape index (κ3) is 4.20. The average Bonchev–Trinajstić information content (AvgIpc) is 2.64. The van der Waals surface area contributed by atoms with Crippen molar-refractivity contribution in [2.24, 2.45) is 0 Å². The van der Waals surface area contributed by atoms with Gasteiger partial charge in [0, 0.05) is 11.8 Å². The van der Waals surface area contributed by atoms with Crippen LogP contribution in [0.2, 0.25) is 0 Å². The molecule has 0 saturated carbocycles. The fourth-order valence-electron chi connectivity index (χ4n) is 3.19. The van der Waals surface area contributed by atoms with E-state index >= 15 is 0 Å². The van der Waals surface area contributed by atoms with E-state index in [2.05, 4.69) is 11.9 Å². The van der Waals surface area contributed by atoms with Crippen LogP contribution in [0.25, 0.3) is 11.3 Å². The Morgan fingerprint density at radius 1 is 1.00 bits per heavy atom. The topological polar surface area (TPSA) is 66.2 Å². The molecule has 134 valence electrons. The highest BCUT2D eigenvalue weighted by atomic mass is 16.3. The van der Waals surface area contributed by atoms with Crippen molar-refractivity contribution >= 4 is 0 Å². The van der Waals surface area contributed by atoms with Crippen molar-refractivity contribution < 1.29 is 10.2 Å².